The molecule has 0 aliphatic heterocycles. The maximum atomic E-state index is 12.7. The summed E-state index contributed by atoms with van der Waals surface area (Å²) in [6.45, 7) is 2.05. The van der Waals surface area contributed by atoms with Crippen molar-refractivity contribution in [1.29, 1.82) is 0 Å². The summed E-state index contributed by atoms with van der Waals surface area (Å²) in [6, 6.07) is 8.74. The van der Waals surface area contributed by atoms with Crippen molar-refractivity contribution in [2.24, 2.45) is 16.3 Å². The van der Waals surface area contributed by atoms with Crippen LogP contribution >= 0.6 is 0 Å². The lowest BCUT2D eigenvalue weighted by atomic mass is 9.82. The van der Waals surface area contributed by atoms with E-state index >= 15 is 0 Å². The van der Waals surface area contributed by atoms with Gasteiger partial charge < -0.3 is 16.3 Å². The van der Waals surface area contributed by atoms with E-state index in [0.717, 1.165) is 37.7 Å². The number of hydrogen-bond donors (Lipinski definition) is 3. The lowest BCUT2D eigenvalue weighted by Crippen LogP contribution is -2.44. The van der Waals surface area contributed by atoms with Gasteiger partial charge in [0, 0.05) is 5.41 Å². The zero-order valence-corrected chi connectivity index (χ0v) is 12.4. The van der Waals surface area contributed by atoms with Crippen LogP contribution in [0.25, 0.3) is 0 Å². The number of amidine groups is 1. The number of nitrogens with one attached hydrogen (secondary N) is 1. The van der Waals surface area contributed by atoms with Crippen LogP contribution in [0.2, 0.25) is 0 Å². The molecule has 0 aromatic heterocycles. The molecule has 114 valence electrons. The third kappa shape index (κ3) is 3.17. The number of carbonyl (C=O) groups excluding carboxylic acids is 1. The molecule has 1 fully saturated rings. The first-order valence-corrected chi connectivity index (χ1v) is 7.46. The number of benzene rings is 1. The van der Waals surface area contributed by atoms with Gasteiger partial charge in [-0.05, 0) is 24.8 Å². The lowest BCUT2D eigenvalue weighted by molar-refractivity contribution is -0.131. The molecule has 1 aliphatic rings. The first kappa shape index (κ1) is 15.4. The predicted octanol–water partition coefficient (Wildman–Crippen LogP) is 2.56. The molecule has 1 aliphatic carbocycles. The van der Waals surface area contributed by atoms with E-state index in [1.165, 1.54) is 0 Å². The van der Waals surface area contributed by atoms with Crippen LogP contribution in [0.15, 0.2) is 35.5 Å². The number of rotatable bonds is 5. The van der Waals surface area contributed by atoms with E-state index in [1.54, 1.807) is 0 Å². The van der Waals surface area contributed by atoms with Crippen molar-refractivity contribution in [2.45, 2.75) is 45.1 Å². The van der Waals surface area contributed by atoms with E-state index in [1.807, 2.05) is 37.3 Å². The van der Waals surface area contributed by atoms with Gasteiger partial charge >= 0.3 is 0 Å². The van der Waals surface area contributed by atoms with Crippen LogP contribution in [0.1, 0.15) is 50.6 Å². The maximum Gasteiger partial charge on any atom is 0.227 e. The van der Waals surface area contributed by atoms with Crippen LogP contribution in [0.5, 0.6) is 0 Å². The fraction of sp³-hybridized carbons (Fsp3) is 0.500. The third-order valence-corrected chi connectivity index (χ3v) is 4.54. The Hall–Kier alpha value is -2.04. The SMILES string of the molecule is CCC1(C(=O)NC(/C(N)=N/O)c2ccccc2)CCCC1. The average molecular weight is 289 g/mol. The highest BCUT2D eigenvalue weighted by atomic mass is 16.4. The second kappa shape index (κ2) is 6.61. The van der Waals surface area contributed by atoms with Crippen molar-refractivity contribution < 1.29 is 10.0 Å². The number of amides is 1. The van der Waals surface area contributed by atoms with Gasteiger partial charge in [0.05, 0.1) is 0 Å². The largest absolute Gasteiger partial charge is 0.409 e. The molecule has 0 saturated heterocycles. The van der Waals surface area contributed by atoms with E-state index in [4.69, 9.17) is 10.9 Å². The number of nitrogens with two attached hydrogens (primary N) is 1. The fourth-order valence-electron chi connectivity index (χ4n) is 3.11. The number of hydrogen-bond acceptors (Lipinski definition) is 3. The Bertz CT molecular complexity index is 508. The summed E-state index contributed by atoms with van der Waals surface area (Å²) in [7, 11) is 0. The Kier molecular flexibility index (Phi) is 4.83. The van der Waals surface area contributed by atoms with Gasteiger partial charge in [-0.1, -0.05) is 55.3 Å². The van der Waals surface area contributed by atoms with Crippen LogP contribution in [-0.4, -0.2) is 17.0 Å². The highest BCUT2D eigenvalue weighted by molar-refractivity contribution is 5.92. The van der Waals surface area contributed by atoms with Crippen LogP contribution in [0.4, 0.5) is 0 Å². The Labute approximate surface area is 125 Å². The highest BCUT2D eigenvalue weighted by Crippen LogP contribution is 2.41. The molecule has 0 radical (unpaired) electrons. The molecule has 1 saturated carbocycles. The molecule has 4 N–H and O–H groups in total. The average Bonchev–Trinajstić information content (AvgIpc) is 3.02. The second-order valence-electron chi connectivity index (χ2n) is 5.68. The summed E-state index contributed by atoms with van der Waals surface area (Å²) < 4.78 is 0. The first-order valence-electron chi connectivity index (χ1n) is 7.46. The van der Waals surface area contributed by atoms with Gasteiger partial charge in [-0.25, -0.2) is 0 Å². The van der Waals surface area contributed by atoms with Crippen molar-refractivity contribution in [3.8, 4) is 0 Å². The number of carbonyl (C=O) groups is 1. The minimum absolute atomic E-state index is 0.00111. The molecule has 1 aromatic rings. The topological polar surface area (TPSA) is 87.7 Å². The molecule has 1 atom stereocenters. The number of nitrogens with zero attached hydrogens (tertiary/aromatic N) is 1. The van der Waals surface area contributed by atoms with E-state index in [2.05, 4.69) is 10.5 Å². The van der Waals surface area contributed by atoms with Crippen molar-refractivity contribution in [3.63, 3.8) is 0 Å². The molecule has 5 heteroatoms. The van der Waals surface area contributed by atoms with Gasteiger partial charge in [0.25, 0.3) is 0 Å². The van der Waals surface area contributed by atoms with Crippen LogP contribution in [-0.2, 0) is 4.79 Å². The summed E-state index contributed by atoms with van der Waals surface area (Å²) in [4.78, 5) is 12.7. The van der Waals surface area contributed by atoms with E-state index in [0.29, 0.717) is 0 Å². The van der Waals surface area contributed by atoms with Gasteiger partial charge in [-0.3, -0.25) is 4.79 Å². The van der Waals surface area contributed by atoms with Crippen LogP contribution in [0.3, 0.4) is 0 Å². The highest BCUT2D eigenvalue weighted by Gasteiger charge is 2.40. The van der Waals surface area contributed by atoms with Gasteiger partial charge in [0.2, 0.25) is 5.91 Å². The summed E-state index contributed by atoms with van der Waals surface area (Å²) in [5.41, 5.74) is 6.27. The maximum absolute atomic E-state index is 12.7. The Morgan fingerprint density at radius 2 is 2.00 bits per heavy atom. The molecule has 2 rings (SSSR count). The van der Waals surface area contributed by atoms with E-state index < -0.39 is 6.04 Å². The van der Waals surface area contributed by atoms with Crippen molar-refractivity contribution in [3.05, 3.63) is 35.9 Å². The normalized spacial score (nSPS) is 19.2. The molecule has 0 heterocycles. The van der Waals surface area contributed by atoms with Gasteiger partial charge in [-0.2, -0.15) is 0 Å². The van der Waals surface area contributed by atoms with Crippen molar-refractivity contribution in [1.82, 2.24) is 5.32 Å². The molecular formula is C16H23N3O2. The summed E-state index contributed by atoms with van der Waals surface area (Å²) in [5.74, 6) is 0.00162. The van der Waals surface area contributed by atoms with Crippen LogP contribution in [0, 0.1) is 5.41 Å². The second-order valence-corrected chi connectivity index (χ2v) is 5.68. The smallest absolute Gasteiger partial charge is 0.227 e. The minimum Gasteiger partial charge on any atom is -0.409 e. The zero-order chi connectivity index (χ0) is 15.3. The molecule has 0 bridgehead atoms. The quantitative estimate of drug-likeness (QED) is 0.337. The first-order chi connectivity index (χ1) is 10.1. The standard InChI is InChI=1S/C16H23N3O2/c1-2-16(10-6-7-11-16)15(20)18-13(14(17)19-21)12-8-4-3-5-9-12/h3-5,8-9,13,21H,2,6-7,10-11H2,1H3,(H2,17,19)(H,18,20). The molecule has 0 spiro atoms. The lowest BCUT2D eigenvalue weighted by Gasteiger charge is -2.29. The zero-order valence-electron chi connectivity index (χ0n) is 12.4. The Balaban J connectivity index is 2.22. The number of oxime groups is 1. The van der Waals surface area contributed by atoms with Crippen molar-refractivity contribution >= 4 is 11.7 Å². The van der Waals surface area contributed by atoms with Gasteiger partial charge in [-0.15, -0.1) is 0 Å². The molecule has 21 heavy (non-hydrogen) atoms. The van der Waals surface area contributed by atoms with Crippen molar-refractivity contribution in [2.75, 3.05) is 0 Å². The third-order valence-electron chi connectivity index (χ3n) is 4.54. The van der Waals surface area contributed by atoms with E-state index in [-0.39, 0.29) is 17.2 Å². The summed E-state index contributed by atoms with van der Waals surface area (Å²) in [5, 5.41) is 15.0. The Morgan fingerprint density at radius 3 is 2.52 bits per heavy atom. The monoisotopic (exact) mass is 289 g/mol. The molecule has 1 aromatic carbocycles. The van der Waals surface area contributed by atoms with Crippen LogP contribution < -0.4 is 11.1 Å². The molecule has 5 nitrogen and oxygen atoms in total. The summed E-state index contributed by atoms with van der Waals surface area (Å²) in [6.07, 6.45) is 4.80. The molecule has 1 unspecified atom stereocenters. The summed E-state index contributed by atoms with van der Waals surface area (Å²) >= 11 is 0. The molecular weight excluding hydrogens is 266 g/mol. The Morgan fingerprint density at radius 1 is 1.38 bits per heavy atom. The van der Waals surface area contributed by atoms with E-state index in [9.17, 15) is 4.79 Å². The van der Waals surface area contributed by atoms with Gasteiger partial charge in [0.1, 0.15) is 6.04 Å². The fourth-order valence-corrected chi connectivity index (χ4v) is 3.11. The molecule has 1 amide bonds. The van der Waals surface area contributed by atoms with Gasteiger partial charge in [0.15, 0.2) is 5.84 Å². The predicted molar refractivity (Wildman–Crippen MR) is 81.9 cm³/mol. The minimum atomic E-state index is -0.590.